The predicted molar refractivity (Wildman–Crippen MR) is 131 cm³/mol. The highest BCUT2D eigenvalue weighted by Gasteiger charge is 2.13. The van der Waals surface area contributed by atoms with Gasteiger partial charge in [0.2, 0.25) is 11.9 Å². The van der Waals surface area contributed by atoms with Gasteiger partial charge in [-0.2, -0.15) is 4.98 Å². The van der Waals surface area contributed by atoms with Crippen molar-refractivity contribution >= 4 is 40.5 Å². The number of pyridine rings is 1. The smallest absolute Gasteiger partial charge is 0.247 e. The van der Waals surface area contributed by atoms with Crippen LogP contribution in [-0.4, -0.2) is 26.6 Å². The van der Waals surface area contributed by atoms with Crippen LogP contribution in [0.2, 0.25) is 0 Å². The topological polar surface area (TPSA) is 109 Å². The summed E-state index contributed by atoms with van der Waals surface area (Å²) < 4.78 is 0. The van der Waals surface area contributed by atoms with Crippen LogP contribution in [0.4, 0.5) is 28.8 Å². The van der Waals surface area contributed by atoms with E-state index in [4.69, 9.17) is 0 Å². The number of Topliss-reactive ketones (excluding diaryl/α,β-unsaturated/α-hetero) is 1. The van der Waals surface area contributed by atoms with Crippen LogP contribution < -0.4 is 16.0 Å². The summed E-state index contributed by atoms with van der Waals surface area (Å²) >= 11 is 0. The number of hydrogen-bond donors (Lipinski definition) is 3. The average Bonchev–Trinajstić information content (AvgIpc) is 2.80. The molecule has 0 unspecified atom stereocenters. The quantitative estimate of drug-likeness (QED) is 0.206. The first-order chi connectivity index (χ1) is 16.0. The molecular formula is C25H28N6O2. The molecule has 2 heterocycles. The van der Waals surface area contributed by atoms with Gasteiger partial charge in [-0.15, -0.1) is 0 Å². The molecule has 1 amide bonds. The molecule has 2 aromatic heterocycles. The number of nitrogens with one attached hydrogen (secondary N) is 3. The van der Waals surface area contributed by atoms with Crippen LogP contribution in [0.15, 0.2) is 61.4 Å². The molecule has 0 aliphatic carbocycles. The van der Waals surface area contributed by atoms with Crippen LogP contribution >= 0.6 is 0 Å². The van der Waals surface area contributed by atoms with Gasteiger partial charge in [-0.05, 0) is 56.2 Å². The number of aryl methyl sites for hydroxylation is 1. The van der Waals surface area contributed by atoms with Gasteiger partial charge >= 0.3 is 0 Å². The lowest BCUT2D eigenvalue weighted by Gasteiger charge is -2.13. The number of unbranched alkanes of at least 4 members (excludes halogenated alkanes) is 2. The van der Waals surface area contributed by atoms with E-state index in [-0.39, 0.29) is 11.7 Å². The Balaban J connectivity index is 1.77. The molecule has 3 N–H and O–H groups in total. The highest BCUT2D eigenvalue weighted by Crippen LogP contribution is 2.24. The highest BCUT2D eigenvalue weighted by molar-refractivity contribution is 6.00. The minimum atomic E-state index is -0.310. The third kappa shape index (κ3) is 6.96. The number of aromatic nitrogens is 3. The van der Waals surface area contributed by atoms with Crippen LogP contribution in [0, 0.1) is 0 Å². The Morgan fingerprint density at radius 1 is 1.00 bits per heavy atom. The maximum Gasteiger partial charge on any atom is 0.247 e. The number of carbonyl (C=O) groups excluding carboxylic acids is 2. The minimum Gasteiger partial charge on any atom is -0.339 e. The van der Waals surface area contributed by atoms with Gasteiger partial charge in [0.05, 0.1) is 17.4 Å². The Morgan fingerprint density at radius 2 is 1.82 bits per heavy atom. The van der Waals surface area contributed by atoms with Crippen molar-refractivity contribution in [1.82, 2.24) is 15.0 Å². The third-order valence-electron chi connectivity index (χ3n) is 4.86. The van der Waals surface area contributed by atoms with Crippen LogP contribution in [0.3, 0.4) is 0 Å². The molecular weight excluding hydrogens is 416 g/mol. The largest absolute Gasteiger partial charge is 0.339 e. The van der Waals surface area contributed by atoms with E-state index >= 15 is 0 Å². The normalized spacial score (nSPS) is 10.4. The fourth-order valence-corrected chi connectivity index (χ4v) is 3.13. The number of amides is 1. The van der Waals surface area contributed by atoms with Crippen molar-refractivity contribution in [3.8, 4) is 0 Å². The lowest BCUT2D eigenvalue weighted by Crippen LogP contribution is -2.09. The van der Waals surface area contributed by atoms with Gasteiger partial charge in [0.25, 0.3) is 0 Å². The highest BCUT2D eigenvalue weighted by atomic mass is 16.1. The molecule has 33 heavy (non-hydrogen) atoms. The molecule has 3 rings (SSSR count). The van der Waals surface area contributed by atoms with Crippen molar-refractivity contribution < 1.29 is 9.59 Å². The first kappa shape index (κ1) is 23.6. The first-order valence-electron chi connectivity index (χ1n) is 10.9. The zero-order chi connectivity index (χ0) is 23.6. The van der Waals surface area contributed by atoms with Gasteiger partial charge in [-0.1, -0.05) is 32.4 Å². The molecule has 8 nitrogen and oxygen atoms in total. The maximum absolute atomic E-state index is 12.1. The van der Waals surface area contributed by atoms with E-state index in [2.05, 4.69) is 44.4 Å². The summed E-state index contributed by atoms with van der Waals surface area (Å²) in [5, 5.41) is 8.98. The summed E-state index contributed by atoms with van der Waals surface area (Å²) in [6.07, 6.45) is 8.88. The van der Waals surface area contributed by atoms with E-state index in [1.807, 2.05) is 18.2 Å². The Hall–Kier alpha value is -4.07. The number of ketones is 1. The zero-order valence-corrected chi connectivity index (χ0v) is 18.9. The molecule has 0 aliphatic heterocycles. The average molecular weight is 445 g/mol. The Labute approximate surface area is 193 Å². The standard InChI is InChI=1S/C25H28N6O2/c1-4-6-7-9-18-12-13-21(15-26-18)30-25-27-16-22(17(3)32)24(31-25)29-20-11-8-10-19(14-20)28-23(33)5-2/h5,8,10-16H,2,4,6-7,9H2,1,3H3,(H,28,33)(H2,27,29,30,31). The molecule has 0 atom stereocenters. The molecule has 3 aromatic rings. The second-order valence-corrected chi connectivity index (χ2v) is 7.53. The molecule has 8 heteroatoms. The maximum atomic E-state index is 12.1. The van der Waals surface area contributed by atoms with E-state index in [9.17, 15) is 9.59 Å². The molecule has 1 aromatic carbocycles. The van der Waals surface area contributed by atoms with E-state index in [0.29, 0.717) is 28.7 Å². The van der Waals surface area contributed by atoms with Crippen molar-refractivity contribution in [2.45, 2.75) is 39.5 Å². The van der Waals surface area contributed by atoms with Crippen molar-refractivity contribution in [2.75, 3.05) is 16.0 Å². The second kappa shape index (κ2) is 11.5. The molecule has 0 spiro atoms. The van der Waals surface area contributed by atoms with Gasteiger partial charge in [0.1, 0.15) is 5.82 Å². The molecule has 0 fully saturated rings. The summed E-state index contributed by atoms with van der Waals surface area (Å²) in [6, 6.07) is 11.0. The van der Waals surface area contributed by atoms with Crippen molar-refractivity contribution in [1.29, 1.82) is 0 Å². The fraction of sp³-hybridized carbons (Fsp3) is 0.240. The Kier molecular flexibility index (Phi) is 8.24. The summed E-state index contributed by atoms with van der Waals surface area (Å²) in [4.78, 5) is 36.9. The van der Waals surface area contributed by atoms with Crippen LogP contribution in [0.1, 0.15) is 49.2 Å². The number of carbonyl (C=O) groups is 2. The van der Waals surface area contributed by atoms with Gasteiger partial charge in [-0.3, -0.25) is 14.6 Å². The Morgan fingerprint density at radius 3 is 2.52 bits per heavy atom. The van der Waals surface area contributed by atoms with Crippen LogP contribution in [0.5, 0.6) is 0 Å². The monoisotopic (exact) mass is 444 g/mol. The SMILES string of the molecule is C=CC(=O)Nc1cccc(Nc2nc(Nc3ccc(CCCCC)nc3)ncc2C(C)=O)c1. The summed E-state index contributed by atoms with van der Waals surface area (Å²) in [6.45, 7) is 7.09. The molecule has 0 saturated heterocycles. The zero-order valence-electron chi connectivity index (χ0n) is 18.9. The van der Waals surface area contributed by atoms with E-state index in [1.54, 1.807) is 24.4 Å². The lowest BCUT2D eigenvalue weighted by atomic mass is 10.1. The van der Waals surface area contributed by atoms with Crippen LogP contribution in [0.25, 0.3) is 0 Å². The van der Waals surface area contributed by atoms with Crippen molar-refractivity contribution in [2.24, 2.45) is 0 Å². The number of anilines is 5. The van der Waals surface area contributed by atoms with Crippen molar-refractivity contribution in [3.05, 3.63) is 72.7 Å². The van der Waals surface area contributed by atoms with E-state index in [1.165, 1.54) is 32.0 Å². The molecule has 0 bridgehead atoms. The van der Waals surface area contributed by atoms with Gasteiger partial charge < -0.3 is 16.0 Å². The van der Waals surface area contributed by atoms with Crippen LogP contribution in [-0.2, 0) is 11.2 Å². The fourth-order valence-electron chi connectivity index (χ4n) is 3.13. The minimum absolute atomic E-state index is 0.168. The number of benzene rings is 1. The number of hydrogen-bond acceptors (Lipinski definition) is 7. The van der Waals surface area contributed by atoms with Gasteiger partial charge in [0.15, 0.2) is 5.78 Å². The summed E-state index contributed by atoms with van der Waals surface area (Å²) in [5.74, 6) is 0.212. The Bertz CT molecular complexity index is 1130. The number of rotatable bonds is 11. The lowest BCUT2D eigenvalue weighted by molar-refractivity contribution is -0.111. The summed E-state index contributed by atoms with van der Waals surface area (Å²) in [5.41, 5.74) is 3.40. The molecule has 0 saturated carbocycles. The molecule has 0 radical (unpaired) electrons. The molecule has 170 valence electrons. The van der Waals surface area contributed by atoms with E-state index < -0.39 is 0 Å². The van der Waals surface area contributed by atoms with Gasteiger partial charge in [-0.25, -0.2) is 4.98 Å². The first-order valence-corrected chi connectivity index (χ1v) is 10.9. The predicted octanol–water partition coefficient (Wildman–Crippen LogP) is 5.42. The van der Waals surface area contributed by atoms with Gasteiger partial charge in [0, 0.05) is 23.3 Å². The van der Waals surface area contributed by atoms with E-state index in [0.717, 1.165) is 24.2 Å². The molecule has 0 aliphatic rings. The second-order valence-electron chi connectivity index (χ2n) is 7.53. The van der Waals surface area contributed by atoms with Crippen molar-refractivity contribution in [3.63, 3.8) is 0 Å². The third-order valence-corrected chi connectivity index (χ3v) is 4.86. The summed E-state index contributed by atoms with van der Waals surface area (Å²) in [7, 11) is 0. The number of nitrogens with zero attached hydrogens (tertiary/aromatic N) is 3.